The normalized spacial score (nSPS) is 19.7. The highest BCUT2D eigenvalue weighted by molar-refractivity contribution is 6.30. The molecule has 0 saturated carbocycles. The molecule has 2 amide bonds. The van der Waals surface area contributed by atoms with Crippen molar-refractivity contribution in [1.82, 2.24) is 16.0 Å². The molecule has 0 aromatic heterocycles. The first-order valence-electron chi connectivity index (χ1n) is 10.2. The maximum absolute atomic E-state index is 12.7. The predicted molar refractivity (Wildman–Crippen MR) is 118 cm³/mol. The summed E-state index contributed by atoms with van der Waals surface area (Å²) in [4.78, 5) is 25.1. The Bertz CT molecular complexity index is 904. The number of carbonyl (C=O) groups excluding carboxylic acids is 2. The minimum Gasteiger partial charge on any atom is -0.507 e. The summed E-state index contributed by atoms with van der Waals surface area (Å²) < 4.78 is 0. The third-order valence-corrected chi connectivity index (χ3v) is 5.76. The third kappa shape index (κ3) is 5.52. The van der Waals surface area contributed by atoms with Crippen LogP contribution in [0.4, 0.5) is 0 Å². The van der Waals surface area contributed by atoms with Gasteiger partial charge in [-0.05, 0) is 62.4 Å². The summed E-state index contributed by atoms with van der Waals surface area (Å²) in [6.07, 6.45) is 1.67. The number of rotatable bonds is 6. The molecule has 4 N–H and O–H groups in total. The van der Waals surface area contributed by atoms with E-state index in [1.54, 1.807) is 26.0 Å². The van der Waals surface area contributed by atoms with Gasteiger partial charge in [0.05, 0.1) is 6.04 Å². The average molecular weight is 430 g/mol. The van der Waals surface area contributed by atoms with E-state index in [1.807, 2.05) is 18.2 Å². The van der Waals surface area contributed by atoms with Gasteiger partial charge in [0.2, 0.25) is 11.8 Å². The van der Waals surface area contributed by atoms with Crippen molar-refractivity contribution in [2.24, 2.45) is 0 Å². The molecule has 0 spiro atoms. The zero-order chi connectivity index (χ0) is 21.7. The minimum absolute atomic E-state index is 0.106. The van der Waals surface area contributed by atoms with Gasteiger partial charge >= 0.3 is 0 Å². The van der Waals surface area contributed by atoms with Gasteiger partial charge in [0.25, 0.3) is 0 Å². The van der Waals surface area contributed by atoms with Crippen molar-refractivity contribution < 1.29 is 14.7 Å². The van der Waals surface area contributed by atoms with E-state index in [0.717, 1.165) is 13.0 Å². The number of phenolic OH excluding ortho intramolecular Hbond substituents is 1. The lowest BCUT2D eigenvalue weighted by Crippen LogP contribution is -2.53. The molecule has 1 saturated heterocycles. The van der Waals surface area contributed by atoms with E-state index < -0.39 is 6.04 Å². The Morgan fingerprint density at radius 3 is 2.73 bits per heavy atom. The molecule has 3 rings (SSSR count). The van der Waals surface area contributed by atoms with Crippen molar-refractivity contribution in [3.63, 3.8) is 0 Å². The SMILES string of the molecule is Cc1cc(Cl)cc(CNC(=O)[C@H](C)NC(=O)[C@H]2C[C@@H](c3ccccc3)CCN2)c1O. The largest absolute Gasteiger partial charge is 0.507 e. The molecular weight excluding hydrogens is 402 g/mol. The summed E-state index contributed by atoms with van der Waals surface area (Å²) in [5, 5.41) is 19.4. The number of benzene rings is 2. The molecule has 160 valence electrons. The van der Waals surface area contributed by atoms with Gasteiger partial charge in [-0.1, -0.05) is 41.9 Å². The van der Waals surface area contributed by atoms with Gasteiger partial charge in [-0.25, -0.2) is 0 Å². The summed E-state index contributed by atoms with van der Waals surface area (Å²) in [6.45, 7) is 4.28. The second kappa shape index (κ2) is 9.96. The number of aromatic hydroxyl groups is 1. The molecule has 2 aromatic rings. The van der Waals surface area contributed by atoms with E-state index in [1.165, 1.54) is 5.56 Å². The van der Waals surface area contributed by atoms with Gasteiger partial charge in [0.1, 0.15) is 11.8 Å². The van der Waals surface area contributed by atoms with Crippen LogP contribution in [0.3, 0.4) is 0 Å². The van der Waals surface area contributed by atoms with E-state index >= 15 is 0 Å². The van der Waals surface area contributed by atoms with Gasteiger partial charge in [-0.2, -0.15) is 0 Å². The molecule has 6 nitrogen and oxygen atoms in total. The zero-order valence-corrected chi connectivity index (χ0v) is 18.0. The van der Waals surface area contributed by atoms with Crippen LogP contribution in [0.5, 0.6) is 5.75 Å². The summed E-state index contributed by atoms with van der Waals surface area (Å²) in [5.41, 5.74) is 2.41. The molecule has 0 aliphatic carbocycles. The first-order chi connectivity index (χ1) is 14.3. The molecule has 1 aliphatic rings. The highest BCUT2D eigenvalue weighted by Crippen LogP contribution is 2.28. The number of amides is 2. The topological polar surface area (TPSA) is 90.5 Å². The van der Waals surface area contributed by atoms with E-state index in [9.17, 15) is 14.7 Å². The van der Waals surface area contributed by atoms with Gasteiger partial charge in [-0.3, -0.25) is 9.59 Å². The van der Waals surface area contributed by atoms with Gasteiger partial charge in [0.15, 0.2) is 0 Å². The standard InChI is InChI=1S/C23H28ClN3O3/c1-14-10-19(24)11-18(21(14)28)13-26-22(29)15(2)27-23(30)20-12-17(8-9-25-20)16-6-4-3-5-7-16/h3-7,10-11,15,17,20,25,28H,8-9,12-13H2,1-2H3,(H,26,29)(H,27,30)/t15-,17-,20+/m0/s1. The van der Waals surface area contributed by atoms with E-state index in [4.69, 9.17) is 11.6 Å². The number of carbonyl (C=O) groups is 2. The van der Waals surface area contributed by atoms with Crippen LogP contribution < -0.4 is 16.0 Å². The molecule has 30 heavy (non-hydrogen) atoms. The second-order valence-electron chi connectivity index (χ2n) is 7.82. The van der Waals surface area contributed by atoms with Crippen LogP contribution in [0.25, 0.3) is 0 Å². The lowest BCUT2D eigenvalue weighted by atomic mass is 9.86. The Labute approximate surface area is 182 Å². The maximum Gasteiger partial charge on any atom is 0.242 e. The number of nitrogens with one attached hydrogen (secondary N) is 3. The average Bonchev–Trinajstić information content (AvgIpc) is 2.75. The van der Waals surface area contributed by atoms with Crippen molar-refractivity contribution >= 4 is 23.4 Å². The van der Waals surface area contributed by atoms with Gasteiger partial charge < -0.3 is 21.1 Å². The number of phenols is 1. The molecule has 0 bridgehead atoms. The van der Waals surface area contributed by atoms with Gasteiger partial charge in [-0.15, -0.1) is 0 Å². The van der Waals surface area contributed by atoms with Crippen molar-refractivity contribution in [3.8, 4) is 5.75 Å². The van der Waals surface area contributed by atoms with Crippen molar-refractivity contribution in [2.75, 3.05) is 6.54 Å². The smallest absolute Gasteiger partial charge is 0.242 e. The van der Waals surface area contributed by atoms with Crippen LogP contribution in [0, 0.1) is 6.92 Å². The zero-order valence-electron chi connectivity index (χ0n) is 17.2. The van der Waals surface area contributed by atoms with Crippen LogP contribution in [0.15, 0.2) is 42.5 Å². The third-order valence-electron chi connectivity index (χ3n) is 5.54. The molecule has 0 unspecified atom stereocenters. The van der Waals surface area contributed by atoms with E-state index in [0.29, 0.717) is 28.5 Å². The summed E-state index contributed by atoms with van der Waals surface area (Å²) in [5.74, 6) is -0.0772. The van der Waals surface area contributed by atoms with Crippen LogP contribution in [0.1, 0.15) is 42.4 Å². The Balaban J connectivity index is 1.53. The molecule has 2 aromatic carbocycles. The number of halogens is 1. The first-order valence-corrected chi connectivity index (χ1v) is 10.6. The lowest BCUT2D eigenvalue weighted by molar-refractivity contribution is -0.130. The molecule has 1 fully saturated rings. The van der Waals surface area contributed by atoms with Crippen LogP contribution in [0.2, 0.25) is 5.02 Å². The van der Waals surface area contributed by atoms with Crippen molar-refractivity contribution in [3.05, 3.63) is 64.2 Å². The number of piperidine rings is 1. The monoisotopic (exact) mass is 429 g/mol. The fourth-order valence-electron chi connectivity index (χ4n) is 3.80. The second-order valence-corrected chi connectivity index (χ2v) is 8.25. The van der Waals surface area contributed by atoms with Crippen molar-refractivity contribution in [1.29, 1.82) is 0 Å². The van der Waals surface area contributed by atoms with Crippen LogP contribution >= 0.6 is 11.6 Å². The Kier molecular flexibility index (Phi) is 7.34. The van der Waals surface area contributed by atoms with Crippen LogP contribution in [-0.4, -0.2) is 35.5 Å². The molecule has 0 radical (unpaired) electrons. The molecular formula is C23H28ClN3O3. The quantitative estimate of drug-likeness (QED) is 0.568. The Morgan fingerprint density at radius 2 is 2.00 bits per heavy atom. The maximum atomic E-state index is 12.7. The Morgan fingerprint density at radius 1 is 1.27 bits per heavy atom. The Hall–Kier alpha value is -2.57. The molecule has 7 heteroatoms. The van der Waals surface area contributed by atoms with Crippen LogP contribution in [-0.2, 0) is 16.1 Å². The predicted octanol–water partition coefficient (Wildman–Crippen LogP) is 3.01. The summed E-state index contributed by atoms with van der Waals surface area (Å²) >= 11 is 6.02. The summed E-state index contributed by atoms with van der Waals surface area (Å²) in [6, 6.07) is 12.4. The van der Waals surface area contributed by atoms with Crippen molar-refractivity contribution in [2.45, 2.75) is 51.2 Å². The highest BCUT2D eigenvalue weighted by Gasteiger charge is 2.29. The fourth-order valence-corrected chi connectivity index (χ4v) is 4.10. The van der Waals surface area contributed by atoms with Gasteiger partial charge in [0, 0.05) is 17.1 Å². The molecule has 1 heterocycles. The number of hydrogen-bond acceptors (Lipinski definition) is 4. The molecule has 3 atom stereocenters. The fraction of sp³-hybridized carbons (Fsp3) is 0.391. The lowest BCUT2D eigenvalue weighted by Gasteiger charge is -2.30. The highest BCUT2D eigenvalue weighted by atomic mass is 35.5. The molecule has 1 aliphatic heterocycles. The van der Waals surface area contributed by atoms with E-state index in [2.05, 4.69) is 28.1 Å². The number of aryl methyl sites for hydroxylation is 1. The minimum atomic E-state index is -0.696. The first kappa shape index (κ1) is 22.1. The number of hydrogen-bond donors (Lipinski definition) is 4. The van der Waals surface area contributed by atoms with E-state index in [-0.39, 0.29) is 30.2 Å². The summed E-state index contributed by atoms with van der Waals surface area (Å²) in [7, 11) is 0.